The van der Waals surface area contributed by atoms with Gasteiger partial charge in [-0.3, -0.25) is 28.8 Å². The number of hydrogen-bond donors (Lipinski definition) is 0. The second-order valence-corrected chi connectivity index (χ2v) is 15.9. The zero-order valence-electron chi connectivity index (χ0n) is 29.9. The molecule has 9 rings (SSSR count). The number of fused-ring (bicyclic) bond motifs is 5. The van der Waals surface area contributed by atoms with Crippen molar-refractivity contribution >= 4 is 69.9 Å². The van der Waals surface area contributed by atoms with Crippen LogP contribution in [0.5, 0.6) is 0 Å². The minimum atomic E-state index is -2.34. The first-order valence-corrected chi connectivity index (χ1v) is 19.3. The first-order valence-electron chi connectivity index (χ1n) is 17.7. The molecule has 290 valence electrons. The Morgan fingerprint density at radius 2 is 0.831 bits per heavy atom. The van der Waals surface area contributed by atoms with Crippen molar-refractivity contribution in [3.8, 4) is 9.75 Å². The van der Waals surface area contributed by atoms with E-state index in [1.54, 1.807) is 60.7 Å². The second kappa shape index (κ2) is 14.2. The molecule has 0 unspecified atom stereocenters. The van der Waals surface area contributed by atoms with E-state index in [0.29, 0.717) is 45.1 Å². The molecule has 8 nitrogen and oxygen atoms in total. The number of hydrogen-bond acceptors (Lipinski definition) is 10. The third-order valence-corrected chi connectivity index (χ3v) is 12.5. The normalized spacial score (nSPS) is 14.6. The fraction of sp³-hybridized carbons (Fsp3) is 0.0667. The molecule has 4 aromatic carbocycles. The van der Waals surface area contributed by atoms with Gasteiger partial charge < -0.3 is 9.47 Å². The van der Waals surface area contributed by atoms with Gasteiger partial charge in [0.25, 0.3) is 0 Å². The predicted molar refractivity (Wildman–Crippen MR) is 207 cm³/mol. The van der Waals surface area contributed by atoms with Crippen LogP contribution >= 0.6 is 22.7 Å². The summed E-state index contributed by atoms with van der Waals surface area (Å²) in [6.45, 7) is -0.522. The molecule has 0 bridgehead atoms. The van der Waals surface area contributed by atoms with Crippen molar-refractivity contribution in [2.45, 2.75) is 18.6 Å². The Kier molecular flexibility index (Phi) is 9.05. The number of carbonyl (C=O) groups excluding carboxylic acids is 6. The standard InChI is InChI=1S/C45H22F4O8S2/c46-33-15-25-26(16-34(33)47)38(51)29(37(25)50)11-23-13-31-41(58-23)42-32(14-24(59-42)12-30-39(52)27-17-35(48)36(49)18-28(27)40(30)53)45(31,43(54)56-19-21-7-3-1-4-8-21)44(55)57-20-22-9-5-2-6-10-22/h1-18H,19-20H2. The highest BCUT2D eigenvalue weighted by Crippen LogP contribution is 2.58. The number of rotatable bonds is 8. The van der Waals surface area contributed by atoms with Crippen LogP contribution in [0.1, 0.15) is 73.4 Å². The third kappa shape index (κ3) is 6.02. The molecule has 0 saturated heterocycles. The Bertz CT molecular complexity index is 2660. The van der Waals surface area contributed by atoms with Crippen molar-refractivity contribution in [1.29, 1.82) is 0 Å². The lowest BCUT2D eigenvalue weighted by Gasteiger charge is -2.26. The highest BCUT2D eigenvalue weighted by Gasteiger charge is 2.60. The zero-order valence-corrected chi connectivity index (χ0v) is 31.5. The number of ketones is 4. The third-order valence-electron chi connectivity index (χ3n) is 10.2. The molecule has 6 aromatic rings. The van der Waals surface area contributed by atoms with Crippen molar-refractivity contribution in [3.05, 3.63) is 186 Å². The lowest BCUT2D eigenvalue weighted by atomic mass is 9.79. The zero-order chi connectivity index (χ0) is 41.3. The average molecular weight is 831 g/mol. The number of allylic oxidation sites excluding steroid dienone is 2. The van der Waals surface area contributed by atoms with Gasteiger partial charge in [0, 0.05) is 43.1 Å². The number of halogens is 4. The van der Waals surface area contributed by atoms with E-state index in [1.165, 1.54) is 24.3 Å². The van der Waals surface area contributed by atoms with Crippen molar-refractivity contribution in [2.75, 3.05) is 0 Å². The number of esters is 2. The molecule has 0 saturated carbocycles. The topological polar surface area (TPSA) is 121 Å². The summed E-state index contributed by atoms with van der Waals surface area (Å²) < 4.78 is 68.2. The van der Waals surface area contributed by atoms with Gasteiger partial charge in [0.15, 0.2) is 46.4 Å². The van der Waals surface area contributed by atoms with Gasteiger partial charge in [0.05, 0.1) is 20.9 Å². The molecule has 2 heterocycles. The second-order valence-electron chi connectivity index (χ2n) is 13.7. The van der Waals surface area contributed by atoms with Crippen LogP contribution in [0.2, 0.25) is 0 Å². The van der Waals surface area contributed by atoms with Crippen LogP contribution in [0, 0.1) is 23.3 Å². The Balaban J connectivity index is 1.20. The lowest BCUT2D eigenvalue weighted by molar-refractivity contribution is -0.164. The molecule has 59 heavy (non-hydrogen) atoms. The van der Waals surface area contributed by atoms with Gasteiger partial charge >= 0.3 is 11.9 Å². The highest BCUT2D eigenvalue weighted by molar-refractivity contribution is 7.23. The molecule has 0 N–H and O–H groups in total. The van der Waals surface area contributed by atoms with Crippen LogP contribution in [-0.4, -0.2) is 35.1 Å². The number of Topliss-reactive ketones (excluding diaryl/α,β-unsaturated/α-hetero) is 4. The SMILES string of the molecule is O=C1C(=Cc2cc3c(s2)-c2sc(C=C4C(=O)c5cc(F)c(F)cc5C4=O)cc2C3(C(=O)OCc2ccccc2)C(=O)OCc2ccccc2)C(=O)c2cc(F)c(F)cc21. The summed E-state index contributed by atoms with van der Waals surface area (Å²) in [5.74, 6) is -10.8. The molecule has 0 amide bonds. The largest absolute Gasteiger partial charge is 0.459 e. The Morgan fingerprint density at radius 3 is 1.15 bits per heavy atom. The van der Waals surface area contributed by atoms with Crippen LogP contribution in [0.3, 0.4) is 0 Å². The number of ether oxygens (including phenoxy) is 2. The van der Waals surface area contributed by atoms with Crippen molar-refractivity contribution in [1.82, 2.24) is 0 Å². The predicted octanol–water partition coefficient (Wildman–Crippen LogP) is 9.04. The Labute approximate surface area is 338 Å². The Morgan fingerprint density at radius 1 is 0.508 bits per heavy atom. The lowest BCUT2D eigenvalue weighted by Crippen LogP contribution is -2.45. The van der Waals surface area contributed by atoms with Crippen molar-refractivity contribution in [3.63, 3.8) is 0 Å². The van der Waals surface area contributed by atoms with Crippen LogP contribution in [0.25, 0.3) is 21.9 Å². The number of benzene rings is 4. The molecule has 0 aliphatic heterocycles. The van der Waals surface area contributed by atoms with Gasteiger partial charge in [-0.25, -0.2) is 17.6 Å². The summed E-state index contributed by atoms with van der Waals surface area (Å²) >= 11 is 1.97. The van der Waals surface area contributed by atoms with Crippen LogP contribution in [-0.2, 0) is 37.7 Å². The summed E-state index contributed by atoms with van der Waals surface area (Å²) in [5, 5.41) is 0. The van der Waals surface area contributed by atoms with Crippen LogP contribution < -0.4 is 0 Å². The number of thiophene rings is 2. The smallest absolute Gasteiger partial charge is 0.333 e. The molecule has 0 spiro atoms. The van der Waals surface area contributed by atoms with E-state index in [-0.39, 0.29) is 56.3 Å². The molecule has 14 heteroatoms. The van der Waals surface area contributed by atoms with Gasteiger partial charge in [0.2, 0.25) is 5.41 Å². The van der Waals surface area contributed by atoms with Crippen molar-refractivity contribution < 1.29 is 55.8 Å². The fourth-order valence-electron chi connectivity index (χ4n) is 7.37. The summed E-state index contributed by atoms with van der Waals surface area (Å²) in [5.41, 5.74) is -3.09. The first-order chi connectivity index (χ1) is 28.4. The summed E-state index contributed by atoms with van der Waals surface area (Å²) in [7, 11) is 0. The van der Waals surface area contributed by atoms with E-state index in [2.05, 4.69) is 0 Å². The van der Waals surface area contributed by atoms with E-state index in [9.17, 15) is 46.3 Å². The maximum Gasteiger partial charge on any atom is 0.333 e. The molecule has 0 radical (unpaired) electrons. The molecular formula is C45H22F4O8S2. The summed E-state index contributed by atoms with van der Waals surface area (Å²) in [4.78, 5) is 84.0. The van der Waals surface area contributed by atoms with Crippen LogP contribution in [0.4, 0.5) is 17.6 Å². The fourth-order valence-corrected chi connectivity index (χ4v) is 9.84. The van der Waals surface area contributed by atoms with E-state index in [0.717, 1.165) is 22.7 Å². The summed E-state index contributed by atoms with van der Waals surface area (Å²) in [6.07, 6.45) is 2.42. The molecule has 2 aromatic heterocycles. The van der Waals surface area contributed by atoms with Gasteiger partial charge in [-0.2, -0.15) is 0 Å². The van der Waals surface area contributed by atoms with Crippen molar-refractivity contribution in [2.24, 2.45) is 0 Å². The molecule has 3 aliphatic carbocycles. The summed E-state index contributed by atoms with van der Waals surface area (Å²) in [6, 6.07) is 22.7. The van der Waals surface area contributed by atoms with Gasteiger partial charge in [-0.05, 0) is 59.7 Å². The highest BCUT2D eigenvalue weighted by atomic mass is 32.1. The molecular weight excluding hydrogens is 809 g/mol. The minimum absolute atomic E-state index is 0.0878. The van der Waals surface area contributed by atoms with E-state index in [4.69, 9.17) is 9.47 Å². The molecule has 3 aliphatic rings. The Hall–Kier alpha value is -6.90. The van der Waals surface area contributed by atoms with E-state index < -0.39 is 74.9 Å². The van der Waals surface area contributed by atoms with Gasteiger partial charge in [-0.1, -0.05) is 60.7 Å². The van der Waals surface area contributed by atoms with E-state index >= 15 is 0 Å². The first kappa shape index (κ1) is 37.7. The average Bonchev–Trinajstić information content (AvgIpc) is 4.00. The maximum atomic E-state index is 14.8. The number of carbonyl (C=O) groups is 6. The van der Waals surface area contributed by atoms with E-state index in [1.807, 2.05) is 0 Å². The van der Waals surface area contributed by atoms with Gasteiger partial charge in [-0.15, -0.1) is 22.7 Å². The monoisotopic (exact) mass is 830 g/mol. The minimum Gasteiger partial charge on any atom is -0.459 e. The maximum absolute atomic E-state index is 14.8. The quantitative estimate of drug-likeness (QED) is 0.0490. The molecule has 0 atom stereocenters. The van der Waals surface area contributed by atoms with Gasteiger partial charge in [0.1, 0.15) is 13.2 Å². The molecule has 0 fully saturated rings. The van der Waals surface area contributed by atoms with Crippen LogP contribution in [0.15, 0.2) is 108 Å².